The molecule has 1 fully saturated rings. The van der Waals surface area contributed by atoms with Crippen LogP contribution in [-0.4, -0.2) is 24.2 Å². The van der Waals surface area contributed by atoms with Crippen LogP contribution in [0, 0.1) is 0 Å². The number of amides is 1. The van der Waals surface area contributed by atoms with Crippen LogP contribution < -0.4 is 10.1 Å². The summed E-state index contributed by atoms with van der Waals surface area (Å²) in [5.74, 6) is 0.759. The van der Waals surface area contributed by atoms with E-state index in [-0.39, 0.29) is 5.91 Å². The minimum Gasteiger partial charge on any atom is -0.490 e. The molecule has 0 heterocycles. The zero-order chi connectivity index (χ0) is 16.0. The number of carbonyl (C=O) groups excluding carboxylic acids is 1. The third-order valence-corrected chi connectivity index (χ3v) is 4.34. The molecule has 122 valence electrons. The van der Waals surface area contributed by atoms with Crippen molar-refractivity contribution >= 4 is 11.6 Å². The third-order valence-electron chi connectivity index (χ3n) is 4.34. The zero-order valence-electron chi connectivity index (χ0n) is 13.9. The summed E-state index contributed by atoms with van der Waals surface area (Å²) in [6.07, 6.45) is 5.78. The topological polar surface area (TPSA) is 47.6 Å². The summed E-state index contributed by atoms with van der Waals surface area (Å²) in [4.78, 5) is 12.4. The van der Waals surface area contributed by atoms with Crippen molar-refractivity contribution in [1.29, 1.82) is 0 Å². The first-order valence-electron chi connectivity index (χ1n) is 8.29. The quantitative estimate of drug-likeness (QED) is 0.823. The molecule has 1 aliphatic carbocycles. The van der Waals surface area contributed by atoms with E-state index in [0.29, 0.717) is 19.1 Å². The maximum absolute atomic E-state index is 12.4. The predicted octanol–water partition coefficient (Wildman–Crippen LogP) is 4.15. The van der Waals surface area contributed by atoms with Gasteiger partial charge in [-0.25, -0.2) is 0 Å². The van der Waals surface area contributed by atoms with E-state index in [1.54, 1.807) is 0 Å². The summed E-state index contributed by atoms with van der Waals surface area (Å²) in [6.45, 7) is 6.19. The van der Waals surface area contributed by atoms with Crippen LogP contribution in [-0.2, 0) is 9.53 Å². The number of nitrogens with one attached hydrogen (secondary N) is 1. The van der Waals surface area contributed by atoms with E-state index in [1.807, 2.05) is 45.0 Å². The highest BCUT2D eigenvalue weighted by atomic mass is 16.5. The highest BCUT2D eigenvalue weighted by Crippen LogP contribution is 2.25. The molecule has 0 aliphatic heterocycles. The fourth-order valence-corrected chi connectivity index (χ4v) is 2.73. The Labute approximate surface area is 133 Å². The van der Waals surface area contributed by atoms with Crippen LogP contribution in [0.15, 0.2) is 24.3 Å². The number of carbonyl (C=O) groups is 1. The lowest BCUT2D eigenvalue weighted by Gasteiger charge is -2.26. The molecule has 4 heteroatoms. The minimum absolute atomic E-state index is 0.110. The average molecular weight is 305 g/mol. The average Bonchev–Trinajstić information content (AvgIpc) is 3.02. The summed E-state index contributed by atoms with van der Waals surface area (Å²) in [7, 11) is 0. The van der Waals surface area contributed by atoms with Crippen LogP contribution in [0.5, 0.6) is 5.75 Å². The fourth-order valence-electron chi connectivity index (χ4n) is 2.73. The van der Waals surface area contributed by atoms with Gasteiger partial charge in [-0.1, -0.05) is 6.92 Å². The molecule has 1 aromatic carbocycles. The van der Waals surface area contributed by atoms with Crippen LogP contribution in [0.1, 0.15) is 52.9 Å². The SMILES string of the molecule is CCO[C@](C)(CC)C(=O)Nc1ccc(OC2CCCC2)cc1. The van der Waals surface area contributed by atoms with Crippen molar-refractivity contribution in [3.05, 3.63) is 24.3 Å². The van der Waals surface area contributed by atoms with Crippen molar-refractivity contribution in [1.82, 2.24) is 0 Å². The zero-order valence-corrected chi connectivity index (χ0v) is 13.9. The molecule has 1 saturated carbocycles. The molecule has 0 bridgehead atoms. The molecule has 1 amide bonds. The predicted molar refractivity (Wildman–Crippen MR) is 88.3 cm³/mol. The standard InChI is InChI=1S/C18H27NO3/c1-4-18(3,21-5-2)17(20)19-14-10-12-16(13-11-14)22-15-8-6-7-9-15/h10-13,15H,4-9H2,1-3H3,(H,19,20)/t18-/m1/s1. The van der Waals surface area contributed by atoms with Crippen molar-refractivity contribution in [3.8, 4) is 5.75 Å². The molecule has 0 aromatic heterocycles. The smallest absolute Gasteiger partial charge is 0.256 e. The highest BCUT2D eigenvalue weighted by molar-refractivity contribution is 5.97. The lowest BCUT2D eigenvalue weighted by Crippen LogP contribution is -2.42. The maximum Gasteiger partial charge on any atom is 0.256 e. The lowest BCUT2D eigenvalue weighted by atomic mass is 10.0. The van der Waals surface area contributed by atoms with E-state index < -0.39 is 5.60 Å². The molecule has 1 aliphatic rings. The maximum atomic E-state index is 12.4. The van der Waals surface area contributed by atoms with Gasteiger partial charge in [0.2, 0.25) is 0 Å². The van der Waals surface area contributed by atoms with E-state index in [2.05, 4.69) is 5.32 Å². The highest BCUT2D eigenvalue weighted by Gasteiger charge is 2.31. The molecule has 1 N–H and O–H groups in total. The Kier molecular flexibility index (Phi) is 5.83. The Hall–Kier alpha value is -1.55. The van der Waals surface area contributed by atoms with Crippen molar-refractivity contribution in [3.63, 3.8) is 0 Å². The number of ether oxygens (including phenoxy) is 2. The monoisotopic (exact) mass is 305 g/mol. The number of rotatable bonds is 7. The third kappa shape index (κ3) is 4.23. The van der Waals surface area contributed by atoms with Crippen LogP contribution in [0.4, 0.5) is 5.69 Å². The van der Waals surface area contributed by atoms with E-state index in [9.17, 15) is 4.79 Å². The molecule has 0 unspecified atom stereocenters. The summed E-state index contributed by atoms with van der Waals surface area (Å²) in [6, 6.07) is 7.59. The number of hydrogen-bond donors (Lipinski definition) is 1. The summed E-state index contributed by atoms with van der Waals surface area (Å²) in [5, 5.41) is 2.92. The molecular weight excluding hydrogens is 278 g/mol. The Bertz CT molecular complexity index is 480. The normalized spacial score (nSPS) is 18.0. The molecule has 1 aromatic rings. The first-order valence-corrected chi connectivity index (χ1v) is 8.29. The first kappa shape index (κ1) is 16.8. The molecule has 1 atom stereocenters. The van der Waals surface area contributed by atoms with Gasteiger partial charge in [-0.05, 0) is 70.2 Å². The van der Waals surface area contributed by atoms with Gasteiger partial charge < -0.3 is 14.8 Å². The van der Waals surface area contributed by atoms with Gasteiger partial charge >= 0.3 is 0 Å². The Morgan fingerprint density at radius 3 is 2.41 bits per heavy atom. The Balaban J connectivity index is 1.93. The molecule has 0 spiro atoms. The van der Waals surface area contributed by atoms with Gasteiger partial charge in [0.25, 0.3) is 5.91 Å². The molecule has 0 radical (unpaired) electrons. The summed E-state index contributed by atoms with van der Waals surface area (Å²) >= 11 is 0. The molecule has 22 heavy (non-hydrogen) atoms. The van der Waals surface area contributed by atoms with E-state index in [0.717, 1.165) is 24.3 Å². The van der Waals surface area contributed by atoms with Crippen LogP contribution in [0.3, 0.4) is 0 Å². The van der Waals surface area contributed by atoms with E-state index in [4.69, 9.17) is 9.47 Å². The minimum atomic E-state index is -0.784. The van der Waals surface area contributed by atoms with Crippen LogP contribution >= 0.6 is 0 Å². The largest absolute Gasteiger partial charge is 0.490 e. The Morgan fingerprint density at radius 1 is 1.23 bits per heavy atom. The van der Waals surface area contributed by atoms with Gasteiger partial charge in [-0.15, -0.1) is 0 Å². The van der Waals surface area contributed by atoms with Crippen molar-refractivity contribution < 1.29 is 14.3 Å². The summed E-state index contributed by atoms with van der Waals surface area (Å²) < 4.78 is 11.5. The number of anilines is 1. The molecular formula is C18H27NO3. The number of hydrogen-bond acceptors (Lipinski definition) is 3. The van der Waals surface area contributed by atoms with Gasteiger partial charge in [0.05, 0.1) is 6.10 Å². The van der Waals surface area contributed by atoms with Gasteiger partial charge in [0, 0.05) is 12.3 Å². The molecule has 0 saturated heterocycles. The van der Waals surface area contributed by atoms with Gasteiger partial charge in [-0.2, -0.15) is 0 Å². The van der Waals surface area contributed by atoms with Crippen LogP contribution in [0.2, 0.25) is 0 Å². The fraction of sp³-hybridized carbons (Fsp3) is 0.611. The second-order valence-corrected chi connectivity index (χ2v) is 6.02. The molecule has 4 nitrogen and oxygen atoms in total. The van der Waals surface area contributed by atoms with E-state index in [1.165, 1.54) is 12.8 Å². The van der Waals surface area contributed by atoms with Crippen molar-refractivity contribution in [2.75, 3.05) is 11.9 Å². The number of benzene rings is 1. The van der Waals surface area contributed by atoms with Gasteiger partial charge in [0.1, 0.15) is 11.4 Å². The molecule has 2 rings (SSSR count). The van der Waals surface area contributed by atoms with Gasteiger partial charge in [0.15, 0.2) is 0 Å². The Morgan fingerprint density at radius 2 is 1.86 bits per heavy atom. The summed E-state index contributed by atoms with van der Waals surface area (Å²) in [5.41, 5.74) is -0.0172. The van der Waals surface area contributed by atoms with Gasteiger partial charge in [-0.3, -0.25) is 4.79 Å². The second-order valence-electron chi connectivity index (χ2n) is 6.02. The van der Waals surface area contributed by atoms with E-state index >= 15 is 0 Å². The van der Waals surface area contributed by atoms with Crippen molar-refractivity contribution in [2.45, 2.75) is 64.6 Å². The first-order chi connectivity index (χ1) is 10.6. The second kappa shape index (κ2) is 7.63. The van der Waals surface area contributed by atoms with Crippen LogP contribution in [0.25, 0.3) is 0 Å². The van der Waals surface area contributed by atoms with Crippen molar-refractivity contribution in [2.24, 2.45) is 0 Å². The lowest BCUT2D eigenvalue weighted by molar-refractivity contribution is -0.139.